The van der Waals surface area contributed by atoms with Gasteiger partial charge in [-0.25, -0.2) is 0 Å². The molecule has 1 aromatic heterocycles. The van der Waals surface area contributed by atoms with E-state index < -0.39 is 0 Å². The summed E-state index contributed by atoms with van der Waals surface area (Å²) < 4.78 is 0. The molecule has 1 aliphatic rings. The van der Waals surface area contributed by atoms with Crippen LogP contribution in [0, 0.1) is 0 Å². The Balaban J connectivity index is 0.00000144. The van der Waals surface area contributed by atoms with E-state index in [4.69, 9.17) is 0 Å². The van der Waals surface area contributed by atoms with Gasteiger partial charge in [0.05, 0.1) is 6.04 Å². The zero-order chi connectivity index (χ0) is 11.2. The van der Waals surface area contributed by atoms with E-state index in [1.807, 2.05) is 18.3 Å². The van der Waals surface area contributed by atoms with Crippen LogP contribution in [-0.4, -0.2) is 30.0 Å². The van der Waals surface area contributed by atoms with E-state index in [0.29, 0.717) is 6.54 Å². The molecule has 0 unspecified atom stereocenters. The minimum atomic E-state index is 0. The van der Waals surface area contributed by atoms with Gasteiger partial charge in [0, 0.05) is 18.9 Å². The van der Waals surface area contributed by atoms with E-state index in [1.54, 1.807) is 6.20 Å². The molecule has 2 rings (SSSR count). The minimum absolute atomic E-state index is 0. The Bertz CT molecular complexity index is 342. The average Bonchev–Trinajstić information content (AvgIpc) is 2.84. The van der Waals surface area contributed by atoms with Crippen LogP contribution in [0.4, 0.5) is 0 Å². The van der Waals surface area contributed by atoms with Gasteiger partial charge in [0.15, 0.2) is 0 Å². The van der Waals surface area contributed by atoms with Gasteiger partial charge >= 0.3 is 0 Å². The molecule has 1 aromatic rings. The molecule has 0 bridgehead atoms. The number of pyridine rings is 1. The minimum Gasteiger partial charge on any atom is -0.354 e. The fourth-order valence-electron chi connectivity index (χ4n) is 1.91. The first-order valence-corrected chi connectivity index (χ1v) is 5.76. The highest BCUT2D eigenvalue weighted by Gasteiger charge is 2.20. The SMILES string of the molecule is Cl.Cl.O=C(NCCc1cccnc1)[C@@H]1CCCN1. The summed E-state index contributed by atoms with van der Waals surface area (Å²) in [5.41, 5.74) is 1.15. The molecule has 6 heteroatoms. The highest BCUT2D eigenvalue weighted by Crippen LogP contribution is 2.04. The molecule has 0 saturated carbocycles. The largest absolute Gasteiger partial charge is 0.354 e. The van der Waals surface area contributed by atoms with Crippen molar-refractivity contribution in [3.8, 4) is 0 Å². The van der Waals surface area contributed by atoms with Crippen molar-refractivity contribution in [2.45, 2.75) is 25.3 Å². The van der Waals surface area contributed by atoms with Crippen molar-refractivity contribution in [2.75, 3.05) is 13.1 Å². The van der Waals surface area contributed by atoms with Gasteiger partial charge in [-0.05, 0) is 37.4 Å². The number of rotatable bonds is 4. The van der Waals surface area contributed by atoms with Crippen molar-refractivity contribution in [3.05, 3.63) is 30.1 Å². The number of carbonyl (C=O) groups is 1. The van der Waals surface area contributed by atoms with Crippen LogP contribution in [0.2, 0.25) is 0 Å². The molecule has 2 heterocycles. The number of hydrogen-bond donors (Lipinski definition) is 2. The predicted molar refractivity (Wildman–Crippen MR) is 76.5 cm³/mol. The van der Waals surface area contributed by atoms with Crippen LogP contribution in [-0.2, 0) is 11.2 Å². The van der Waals surface area contributed by atoms with Gasteiger partial charge in [-0.2, -0.15) is 0 Å². The standard InChI is InChI=1S/C12H17N3O.2ClH/c16-12(11-4-2-7-14-11)15-8-5-10-3-1-6-13-9-10;;/h1,3,6,9,11,14H,2,4-5,7-8H2,(H,15,16);2*1H/t11-;;/m0../s1. The smallest absolute Gasteiger partial charge is 0.237 e. The third-order valence-corrected chi connectivity index (χ3v) is 2.81. The molecule has 0 aliphatic carbocycles. The van der Waals surface area contributed by atoms with Crippen molar-refractivity contribution in [1.82, 2.24) is 15.6 Å². The first-order valence-electron chi connectivity index (χ1n) is 5.76. The van der Waals surface area contributed by atoms with Crippen LogP contribution in [0.3, 0.4) is 0 Å². The summed E-state index contributed by atoms with van der Waals surface area (Å²) in [6.45, 7) is 1.64. The van der Waals surface area contributed by atoms with Gasteiger partial charge in [0.2, 0.25) is 5.91 Å². The Hall–Kier alpha value is -0.840. The fraction of sp³-hybridized carbons (Fsp3) is 0.500. The molecule has 1 saturated heterocycles. The second-order valence-electron chi connectivity index (χ2n) is 4.05. The summed E-state index contributed by atoms with van der Waals surface area (Å²) in [5.74, 6) is 0.126. The van der Waals surface area contributed by atoms with Crippen LogP contribution in [0.25, 0.3) is 0 Å². The Morgan fingerprint density at radius 3 is 2.94 bits per heavy atom. The number of hydrogen-bond acceptors (Lipinski definition) is 3. The molecular weight excluding hydrogens is 273 g/mol. The van der Waals surface area contributed by atoms with Crippen LogP contribution in [0.15, 0.2) is 24.5 Å². The highest BCUT2D eigenvalue weighted by molar-refractivity contribution is 5.85. The average molecular weight is 292 g/mol. The van der Waals surface area contributed by atoms with E-state index in [9.17, 15) is 4.79 Å². The van der Waals surface area contributed by atoms with Crippen LogP contribution in [0.1, 0.15) is 18.4 Å². The molecule has 1 fully saturated rings. The third-order valence-electron chi connectivity index (χ3n) is 2.81. The quantitative estimate of drug-likeness (QED) is 0.880. The van der Waals surface area contributed by atoms with Gasteiger partial charge in [-0.3, -0.25) is 9.78 Å². The first kappa shape index (κ1) is 17.2. The molecule has 4 nitrogen and oxygen atoms in total. The second kappa shape index (κ2) is 9.14. The van der Waals surface area contributed by atoms with Crippen molar-refractivity contribution >= 4 is 30.7 Å². The molecule has 1 atom stereocenters. The fourth-order valence-corrected chi connectivity index (χ4v) is 1.91. The van der Waals surface area contributed by atoms with Crippen molar-refractivity contribution in [2.24, 2.45) is 0 Å². The second-order valence-corrected chi connectivity index (χ2v) is 4.05. The first-order chi connectivity index (χ1) is 7.86. The van der Waals surface area contributed by atoms with Crippen molar-refractivity contribution in [3.63, 3.8) is 0 Å². The summed E-state index contributed by atoms with van der Waals surface area (Å²) in [5, 5.41) is 6.12. The topological polar surface area (TPSA) is 54.0 Å². The zero-order valence-electron chi connectivity index (χ0n) is 10.1. The highest BCUT2D eigenvalue weighted by atomic mass is 35.5. The number of aromatic nitrogens is 1. The van der Waals surface area contributed by atoms with Gasteiger partial charge in [-0.15, -0.1) is 24.8 Å². The molecule has 18 heavy (non-hydrogen) atoms. The molecule has 0 aromatic carbocycles. The van der Waals surface area contributed by atoms with Crippen LogP contribution in [0.5, 0.6) is 0 Å². The zero-order valence-corrected chi connectivity index (χ0v) is 11.7. The lowest BCUT2D eigenvalue weighted by Gasteiger charge is -2.10. The Morgan fingerprint density at radius 2 is 2.33 bits per heavy atom. The maximum atomic E-state index is 11.6. The van der Waals surface area contributed by atoms with E-state index >= 15 is 0 Å². The van der Waals surface area contributed by atoms with Crippen molar-refractivity contribution in [1.29, 1.82) is 0 Å². The Labute approximate surface area is 120 Å². The van der Waals surface area contributed by atoms with E-state index in [-0.39, 0.29) is 36.8 Å². The van der Waals surface area contributed by atoms with Crippen molar-refractivity contribution < 1.29 is 4.79 Å². The number of carbonyl (C=O) groups excluding carboxylic acids is 1. The lowest BCUT2D eigenvalue weighted by Crippen LogP contribution is -2.41. The lowest BCUT2D eigenvalue weighted by molar-refractivity contribution is -0.122. The van der Waals surface area contributed by atoms with E-state index in [2.05, 4.69) is 15.6 Å². The lowest BCUT2D eigenvalue weighted by atomic mass is 10.2. The van der Waals surface area contributed by atoms with Gasteiger partial charge < -0.3 is 10.6 Å². The van der Waals surface area contributed by atoms with Gasteiger partial charge in [0.25, 0.3) is 0 Å². The van der Waals surface area contributed by atoms with E-state index in [1.165, 1.54) is 0 Å². The predicted octanol–water partition coefficient (Wildman–Crippen LogP) is 1.34. The molecule has 0 spiro atoms. The normalized spacial score (nSPS) is 17.4. The van der Waals surface area contributed by atoms with Gasteiger partial charge in [0.1, 0.15) is 0 Å². The molecule has 1 aliphatic heterocycles. The molecule has 2 N–H and O–H groups in total. The molecule has 102 valence electrons. The molecule has 1 amide bonds. The third kappa shape index (κ3) is 5.21. The maximum absolute atomic E-state index is 11.6. The summed E-state index contributed by atoms with van der Waals surface area (Å²) in [6, 6.07) is 3.96. The summed E-state index contributed by atoms with van der Waals surface area (Å²) in [4.78, 5) is 15.7. The monoisotopic (exact) mass is 291 g/mol. The summed E-state index contributed by atoms with van der Waals surface area (Å²) in [6.07, 6.45) is 6.48. The van der Waals surface area contributed by atoms with Gasteiger partial charge in [-0.1, -0.05) is 6.07 Å². The van der Waals surface area contributed by atoms with Crippen LogP contribution < -0.4 is 10.6 Å². The number of nitrogens with one attached hydrogen (secondary N) is 2. The van der Waals surface area contributed by atoms with Crippen LogP contribution >= 0.6 is 24.8 Å². The summed E-state index contributed by atoms with van der Waals surface area (Å²) >= 11 is 0. The Morgan fingerprint density at radius 1 is 1.50 bits per heavy atom. The van der Waals surface area contributed by atoms with E-state index in [0.717, 1.165) is 31.4 Å². The molecule has 0 radical (unpaired) electrons. The number of nitrogens with zero attached hydrogens (tertiary/aromatic N) is 1. The summed E-state index contributed by atoms with van der Waals surface area (Å²) in [7, 11) is 0. The Kier molecular flexibility index (Phi) is 8.71. The maximum Gasteiger partial charge on any atom is 0.237 e. The number of amides is 1. The molecular formula is C12H19Cl2N3O. The number of halogens is 2.